The molecule has 0 unspecified atom stereocenters. The Morgan fingerprint density at radius 3 is 2.63 bits per heavy atom. The molecule has 0 aliphatic rings. The summed E-state index contributed by atoms with van der Waals surface area (Å²) in [5.74, 6) is 0. The van der Waals surface area contributed by atoms with Gasteiger partial charge < -0.3 is 10.4 Å². The normalized spacial score (nSPS) is 12.5. The van der Waals surface area contributed by atoms with Crippen molar-refractivity contribution in [2.45, 2.75) is 52.6 Å². The van der Waals surface area contributed by atoms with Gasteiger partial charge >= 0.3 is 0 Å². The van der Waals surface area contributed by atoms with Gasteiger partial charge in [0.05, 0.1) is 18.0 Å². The van der Waals surface area contributed by atoms with E-state index in [1.807, 2.05) is 6.92 Å². The van der Waals surface area contributed by atoms with E-state index in [4.69, 9.17) is 0 Å². The van der Waals surface area contributed by atoms with Crippen molar-refractivity contribution in [3.8, 4) is 0 Å². The van der Waals surface area contributed by atoms with Gasteiger partial charge in [-0.05, 0) is 26.7 Å². The zero-order valence-electron chi connectivity index (χ0n) is 12.2. The Morgan fingerprint density at radius 2 is 2.05 bits per heavy atom. The summed E-state index contributed by atoms with van der Waals surface area (Å²) in [5, 5.41) is 13.1. The molecular formula is C14H23N3OS. The molecule has 0 bridgehead atoms. The van der Waals surface area contributed by atoms with Crippen molar-refractivity contribution in [1.82, 2.24) is 14.7 Å². The number of imidazole rings is 1. The third-order valence-electron chi connectivity index (χ3n) is 4.03. The number of aliphatic hydroxyl groups excluding tert-OH is 1. The van der Waals surface area contributed by atoms with Crippen molar-refractivity contribution < 1.29 is 5.11 Å². The molecule has 2 N–H and O–H groups in total. The van der Waals surface area contributed by atoms with Crippen molar-refractivity contribution in [3.63, 3.8) is 0 Å². The molecule has 19 heavy (non-hydrogen) atoms. The van der Waals surface area contributed by atoms with E-state index in [-0.39, 0.29) is 12.1 Å². The van der Waals surface area contributed by atoms with E-state index in [1.54, 1.807) is 11.3 Å². The summed E-state index contributed by atoms with van der Waals surface area (Å²) in [6.07, 6.45) is 3.98. The highest BCUT2D eigenvalue weighted by Gasteiger charge is 2.25. The van der Waals surface area contributed by atoms with Crippen molar-refractivity contribution >= 4 is 16.3 Å². The molecule has 0 spiro atoms. The smallest absolute Gasteiger partial charge is 0.194 e. The highest BCUT2D eigenvalue weighted by molar-refractivity contribution is 7.17. The molecule has 0 saturated heterocycles. The molecule has 106 valence electrons. The number of fused-ring (bicyclic) bond motifs is 1. The summed E-state index contributed by atoms with van der Waals surface area (Å²) < 4.78 is 2.16. The lowest BCUT2D eigenvalue weighted by molar-refractivity contribution is 0.149. The molecule has 2 heterocycles. The second-order valence-electron chi connectivity index (χ2n) is 5.14. The average molecular weight is 281 g/mol. The van der Waals surface area contributed by atoms with Crippen LogP contribution < -0.4 is 5.32 Å². The van der Waals surface area contributed by atoms with E-state index < -0.39 is 0 Å². The number of nitrogens with one attached hydrogen (secondary N) is 1. The maximum absolute atomic E-state index is 9.61. The maximum Gasteiger partial charge on any atom is 0.194 e. The third kappa shape index (κ3) is 2.68. The van der Waals surface area contributed by atoms with Crippen LogP contribution in [-0.2, 0) is 6.54 Å². The average Bonchev–Trinajstić information content (AvgIpc) is 2.88. The monoisotopic (exact) mass is 281 g/mol. The fourth-order valence-corrected chi connectivity index (χ4v) is 3.26. The lowest BCUT2D eigenvalue weighted by Gasteiger charge is -2.30. The van der Waals surface area contributed by atoms with Crippen LogP contribution in [-0.4, -0.2) is 26.6 Å². The number of nitrogens with zero attached hydrogens (tertiary/aromatic N) is 2. The number of aliphatic hydroxyl groups is 1. The van der Waals surface area contributed by atoms with Crippen molar-refractivity contribution in [2.24, 2.45) is 0 Å². The maximum atomic E-state index is 9.61. The van der Waals surface area contributed by atoms with E-state index in [0.29, 0.717) is 0 Å². The van der Waals surface area contributed by atoms with E-state index in [0.717, 1.165) is 30.0 Å². The van der Waals surface area contributed by atoms with E-state index in [9.17, 15) is 5.11 Å². The van der Waals surface area contributed by atoms with Gasteiger partial charge in [0.1, 0.15) is 0 Å². The molecule has 0 saturated carbocycles. The molecule has 0 aliphatic carbocycles. The quantitative estimate of drug-likeness (QED) is 0.856. The van der Waals surface area contributed by atoms with Crippen molar-refractivity contribution in [1.29, 1.82) is 0 Å². The molecule has 0 amide bonds. The second-order valence-corrected chi connectivity index (χ2v) is 6.35. The zero-order valence-corrected chi connectivity index (χ0v) is 13.0. The third-order valence-corrected chi connectivity index (χ3v) is 4.93. The van der Waals surface area contributed by atoms with Crippen LogP contribution in [0.25, 0.3) is 4.96 Å². The first kappa shape index (κ1) is 14.5. The molecule has 2 aromatic rings. The first-order chi connectivity index (χ1) is 9.05. The van der Waals surface area contributed by atoms with Crippen molar-refractivity contribution in [3.05, 3.63) is 22.5 Å². The molecule has 0 aromatic carbocycles. The van der Waals surface area contributed by atoms with Gasteiger partial charge in [0, 0.05) is 23.2 Å². The van der Waals surface area contributed by atoms with Gasteiger partial charge in [-0.15, -0.1) is 11.3 Å². The summed E-state index contributed by atoms with van der Waals surface area (Å²) in [7, 11) is 0. The summed E-state index contributed by atoms with van der Waals surface area (Å²) in [5.41, 5.74) is 2.08. The summed E-state index contributed by atoms with van der Waals surface area (Å²) in [4.78, 5) is 6.91. The van der Waals surface area contributed by atoms with Crippen LogP contribution in [0.5, 0.6) is 0 Å². The van der Waals surface area contributed by atoms with Crippen LogP contribution >= 0.6 is 11.3 Å². The Bertz CT molecular complexity index is 546. The van der Waals surface area contributed by atoms with E-state index in [2.05, 4.69) is 41.7 Å². The molecule has 0 atom stereocenters. The molecular weight excluding hydrogens is 258 g/mol. The van der Waals surface area contributed by atoms with E-state index >= 15 is 0 Å². The van der Waals surface area contributed by atoms with Gasteiger partial charge in [0.2, 0.25) is 0 Å². The number of aryl methyl sites for hydroxylation is 2. The predicted octanol–water partition coefficient (Wildman–Crippen LogP) is 2.65. The Morgan fingerprint density at radius 1 is 1.37 bits per heavy atom. The van der Waals surface area contributed by atoms with Crippen LogP contribution in [0.15, 0.2) is 6.20 Å². The molecule has 4 nitrogen and oxygen atoms in total. The van der Waals surface area contributed by atoms with Crippen LogP contribution in [0.2, 0.25) is 0 Å². The van der Waals surface area contributed by atoms with Gasteiger partial charge in [-0.1, -0.05) is 13.8 Å². The Labute approximate surface area is 118 Å². The minimum Gasteiger partial charge on any atom is -0.394 e. The number of hydrogen-bond acceptors (Lipinski definition) is 4. The van der Waals surface area contributed by atoms with E-state index in [1.165, 1.54) is 10.6 Å². The van der Waals surface area contributed by atoms with Crippen LogP contribution in [0.1, 0.15) is 43.0 Å². The highest BCUT2D eigenvalue weighted by atomic mass is 32.1. The highest BCUT2D eigenvalue weighted by Crippen LogP contribution is 2.22. The minimum atomic E-state index is -0.179. The Hall–Kier alpha value is -0.910. The number of rotatable bonds is 6. The fourth-order valence-electron chi connectivity index (χ4n) is 2.37. The van der Waals surface area contributed by atoms with Crippen LogP contribution in [0.3, 0.4) is 0 Å². The lowest BCUT2D eigenvalue weighted by atomic mass is 9.94. The molecule has 2 aromatic heterocycles. The van der Waals surface area contributed by atoms with Crippen molar-refractivity contribution in [2.75, 3.05) is 6.61 Å². The molecule has 0 fully saturated rings. The van der Waals surface area contributed by atoms with Gasteiger partial charge in [-0.25, -0.2) is 4.98 Å². The molecule has 0 aliphatic heterocycles. The predicted molar refractivity (Wildman–Crippen MR) is 79.8 cm³/mol. The van der Waals surface area contributed by atoms with Crippen LogP contribution in [0.4, 0.5) is 0 Å². The molecule has 2 rings (SSSR count). The summed E-state index contributed by atoms with van der Waals surface area (Å²) in [6, 6.07) is 0. The lowest BCUT2D eigenvalue weighted by Crippen LogP contribution is -2.47. The standard InChI is InChI=1S/C14H23N3OS/c1-5-14(6-2,9-18)15-7-12-11(4)16-13-17(12)8-10(3)19-13/h8,15,18H,5-7,9H2,1-4H3. The second kappa shape index (κ2) is 5.61. The SMILES string of the molecule is CCC(CC)(CO)NCc1c(C)nc2sc(C)cn12. The summed E-state index contributed by atoms with van der Waals surface area (Å²) in [6.45, 7) is 9.28. The molecule has 5 heteroatoms. The Balaban J connectivity index is 2.23. The van der Waals surface area contributed by atoms with Gasteiger partial charge in [0.25, 0.3) is 0 Å². The van der Waals surface area contributed by atoms with Gasteiger partial charge in [-0.3, -0.25) is 4.40 Å². The topological polar surface area (TPSA) is 49.6 Å². The zero-order chi connectivity index (χ0) is 14.0. The fraction of sp³-hybridized carbons (Fsp3) is 0.643. The van der Waals surface area contributed by atoms with Crippen LogP contribution in [0, 0.1) is 13.8 Å². The van der Waals surface area contributed by atoms with Gasteiger partial charge in [-0.2, -0.15) is 0 Å². The summed E-state index contributed by atoms with van der Waals surface area (Å²) >= 11 is 1.71. The van der Waals surface area contributed by atoms with Gasteiger partial charge in [0.15, 0.2) is 4.96 Å². The first-order valence-electron chi connectivity index (χ1n) is 6.85. The Kier molecular flexibility index (Phi) is 4.28. The number of hydrogen-bond donors (Lipinski definition) is 2. The number of aromatic nitrogens is 2. The molecule has 0 radical (unpaired) electrons. The number of thiazole rings is 1. The largest absolute Gasteiger partial charge is 0.394 e. The minimum absolute atomic E-state index is 0.170. The first-order valence-corrected chi connectivity index (χ1v) is 7.66.